The third kappa shape index (κ3) is 6.23. The van der Waals surface area contributed by atoms with E-state index in [1.807, 2.05) is 20.8 Å². The van der Waals surface area contributed by atoms with Gasteiger partial charge in [-0.25, -0.2) is 0 Å². The van der Waals surface area contributed by atoms with Crippen LogP contribution in [0.25, 0.3) is 0 Å². The van der Waals surface area contributed by atoms with Gasteiger partial charge in [0.25, 0.3) is 5.91 Å². The molecular formula is C15H22BrN3O3S. The van der Waals surface area contributed by atoms with Gasteiger partial charge in [-0.2, -0.15) is 0 Å². The lowest BCUT2D eigenvalue weighted by Crippen LogP contribution is -2.48. The predicted octanol–water partition coefficient (Wildman–Crippen LogP) is 2.76. The van der Waals surface area contributed by atoms with E-state index in [-0.39, 0.29) is 11.9 Å². The van der Waals surface area contributed by atoms with Gasteiger partial charge in [-0.05, 0) is 60.5 Å². The third-order valence-corrected chi connectivity index (χ3v) is 3.46. The summed E-state index contributed by atoms with van der Waals surface area (Å²) in [5, 5.41) is 3.32. The molecule has 128 valence electrons. The predicted molar refractivity (Wildman–Crippen MR) is 98.0 cm³/mol. The maximum absolute atomic E-state index is 12.2. The molecule has 0 unspecified atom stereocenters. The van der Waals surface area contributed by atoms with Crippen molar-refractivity contribution in [3.63, 3.8) is 0 Å². The molecule has 6 nitrogen and oxygen atoms in total. The molecule has 0 radical (unpaired) electrons. The van der Waals surface area contributed by atoms with E-state index >= 15 is 0 Å². The summed E-state index contributed by atoms with van der Waals surface area (Å²) in [6, 6.07) is 3.46. The quantitative estimate of drug-likeness (QED) is 0.500. The number of carbonyl (C=O) groups excluding carboxylic acids is 1. The summed E-state index contributed by atoms with van der Waals surface area (Å²) in [4.78, 5) is 12.2. The van der Waals surface area contributed by atoms with E-state index in [4.69, 9.17) is 21.7 Å². The molecule has 0 aliphatic heterocycles. The summed E-state index contributed by atoms with van der Waals surface area (Å²) in [6.07, 6.45) is 0.877. The highest BCUT2D eigenvalue weighted by Gasteiger charge is 2.15. The molecule has 8 heteroatoms. The zero-order valence-electron chi connectivity index (χ0n) is 13.7. The minimum absolute atomic E-state index is 0.177. The fraction of sp³-hybridized carbons (Fsp3) is 0.467. The van der Waals surface area contributed by atoms with Gasteiger partial charge in [0, 0.05) is 11.6 Å². The number of nitrogens with one attached hydrogen (secondary N) is 3. The van der Waals surface area contributed by atoms with Gasteiger partial charge in [0.05, 0.1) is 18.2 Å². The zero-order valence-corrected chi connectivity index (χ0v) is 16.1. The van der Waals surface area contributed by atoms with E-state index in [2.05, 4.69) is 32.1 Å². The Morgan fingerprint density at radius 1 is 1.35 bits per heavy atom. The van der Waals surface area contributed by atoms with E-state index in [0.29, 0.717) is 33.3 Å². The van der Waals surface area contributed by atoms with Crippen LogP contribution in [0.2, 0.25) is 0 Å². The lowest BCUT2D eigenvalue weighted by molar-refractivity contribution is 0.0943. The van der Waals surface area contributed by atoms with Crippen LogP contribution in [0.15, 0.2) is 16.6 Å². The van der Waals surface area contributed by atoms with E-state index < -0.39 is 0 Å². The van der Waals surface area contributed by atoms with Crippen LogP contribution in [0.4, 0.5) is 0 Å². The fourth-order valence-electron chi connectivity index (χ4n) is 1.68. The summed E-state index contributed by atoms with van der Waals surface area (Å²) in [7, 11) is 1.53. The molecule has 1 aromatic carbocycles. The fourth-order valence-corrected chi connectivity index (χ4v) is 2.52. The van der Waals surface area contributed by atoms with Gasteiger partial charge in [0.15, 0.2) is 16.6 Å². The van der Waals surface area contributed by atoms with Crippen molar-refractivity contribution in [1.82, 2.24) is 16.2 Å². The molecule has 0 saturated carbocycles. The number of halogens is 1. The smallest absolute Gasteiger partial charge is 0.269 e. The number of carbonyl (C=O) groups is 1. The van der Waals surface area contributed by atoms with Gasteiger partial charge >= 0.3 is 0 Å². The van der Waals surface area contributed by atoms with Crippen LogP contribution in [-0.2, 0) is 0 Å². The molecule has 0 saturated heterocycles. The zero-order chi connectivity index (χ0) is 17.4. The van der Waals surface area contributed by atoms with Crippen LogP contribution < -0.4 is 25.6 Å². The van der Waals surface area contributed by atoms with Crippen LogP contribution in [0.5, 0.6) is 11.5 Å². The number of thiocarbonyl (C=S) groups is 1. The van der Waals surface area contributed by atoms with Crippen molar-refractivity contribution in [2.45, 2.75) is 33.2 Å². The van der Waals surface area contributed by atoms with Gasteiger partial charge in [0.1, 0.15) is 0 Å². The van der Waals surface area contributed by atoms with Crippen molar-refractivity contribution in [3.8, 4) is 11.5 Å². The number of hydrogen-bond donors (Lipinski definition) is 3. The Labute approximate surface area is 150 Å². The minimum Gasteiger partial charge on any atom is -0.493 e. The Bertz CT molecular complexity index is 567. The lowest BCUT2D eigenvalue weighted by atomic mass is 10.2. The Balaban J connectivity index is 2.81. The average Bonchev–Trinajstić information content (AvgIpc) is 2.50. The van der Waals surface area contributed by atoms with E-state index in [9.17, 15) is 4.79 Å². The molecule has 0 bridgehead atoms. The number of amides is 1. The SMILES string of the molecule is CCCOc1c(Br)cc(C(=O)NNC(=S)NC(C)C)cc1OC. The van der Waals surface area contributed by atoms with Crippen molar-refractivity contribution in [1.29, 1.82) is 0 Å². The molecule has 1 rings (SSSR count). The van der Waals surface area contributed by atoms with Crippen molar-refractivity contribution in [3.05, 3.63) is 22.2 Å². The second-order valence-electron chi connectivity index (χ2n) is 5.05. The number of rotatable bonds is 6. The summed E-state index contributed by atoms with van der Waals surface area (Å²) < 4.78 is 11.6. The minimum atomic E-state index is -0.334. The van der Waals surface area contributed by atoms with E-state index in [0.717, 1.165) is 6.42 Å². The van der Waals surface area contributed by atoms with Gasteiger partial charge in [-0.15, -0.1) is 0 Å². The molecule has 23 heavy (non-hydrogen) atoms. The van der Waals surface area contributed by atoms with Crippen LogP contribution in [0.3, 0.4) is 0 Å². The summed E-state index contributed by atoms with van der Waals surface area (Å²) >= 11 is 8.46. The molecule has 1 amide bonds. The second kappa shape index (κ2) is 9.57. The Hall–Kier alpha value is -1.54. The van der Waals surface area contributed by atoms with Crippen molar-refractivity contribution < 1.29 is 14.3 Å². The Kier molecular flexibility index (Phi) is 8.11. The van der Waals surface area contributed by atoms with E-state index in [1.165, 1.54) is 7.11 Å². The molecule has 0 fully saturated rings. The van der Waals surface area contributed by atoms with Gasteiger partial charge in [0.2, 0.25) is 0 Å². The molecule has 0 aliphatic carbocycles. The first-order valence-corrected chi connectivity index (χ1v) is 8.46. The first-order chi connectivity index (χ1) is 10.9. The van der Waals surface area contributed by atoms with Crippen LogP contribution in [-0.4, -0.2) is 30.8 Å². The van der Waals surface area contributed by atoms with Gasteiger partial charge in [-0.1, -0.05) is 6.92 Å². The number of hydrogen-bond acceptors (Lipinski definition) is 4. The molecule has 0 atom stereocenters. The number of methoxy groups -OCH3 is 1. The van der Waals surface area contributed by atoms with Crippen molar-refractivity contribution in [2.24, 2.45) is 0 Å². The third-order valence-electron chi connectivity index (χ3n) is 2.65. The molecule has 0 heterocycles. The Morgan fingerprint density at radius 2 is 2.04 bits per heavy atom. The summed E-state index contributed by atoms with van der Waals surface area (Å²) in [5.74, 6) is 0.732. The largest absolute Gasteiger partial charge is 0.493 e. The van der Waals surface area contributed by atoms with Gasteiger partial charge < -0.3 is 14.8 Å². The van der Waals surface area contributed by atoms with E-state index in [1.54, 1.807) is 12.1 Å². The molecule has 0 aliphatic rings. The molecule has 1 aromatic rings. The van der Waals surface area contributed by atoms with Gasteiger partial charge in [-0.3, -0.25) is 15.6 Å². The highest BCUT2D eigenvalue weighted by atomic mass is 79.9. The maximum Gasteiger partial charge on any atom is 0.269 e. The normalized spacial score (nSPS) is 10.2. The summed E-state index contributed by atoms with van der Waals surface area (Å²) in [5.41, 5.74) is 5.60. The lowest BCUT2D eigenvalue weighted by Gasteiger charge is -2.16. The van der Waals surface area contributed by atoms with Crippen molar-refractivity contribution in [2.75, 3.05) is 13.7 Å². The molecule has 3 N–H and O–H groups in total. The molecule has 0 aromatic heterocycles. The molecule has 0 spiro atoms. The Morgan fingerprint density at radius 3 is 2.61 bits per heavy atom. The number of benzene rings is 1. The topological polar surface area (TPSA) is 71.6 Å². The maximum atomic E-state index is 12.2. The molecular weight excluding hydrogens is 382 g/mol. The average molecular weight is 404 g/mol. The van der Waals surface area contributed by atoms with Crippen LogP contribution in [0.1, 0.15) is 37.6 Å². The standard InChI is InChI=1S/C15H22BrN3O3S/c1-5-6-22-13-11(16)7-10(8-12(13)21-4)14(20)18-19-15(23)17-9(2)3/h7-9H,5-6H2,1-4H3,(H,18,20)(H2,17,19,23). The van der Waals surface area contributed by atoms with Crippen LogP contribution in [0, 0.1) is 0 Å². The number of ether oxygens (including phenoxy) is 2. The highest BCUT2D eigenvalue weighted by molar-refractivity contribution is 9.10. The first-order valence-electron chi connectivity index (χ1n) is 7.26. The van der Waals surface area contributed by atoms with Crippen molar-refractivity contribution >= 4 is 39.2 Å². The summed E-state index contributed by atoms with van der Waals surface area (Å²) in [6.45, 7) is 6.48. The second-order valence-corrected chi connectivity index (χ2v) is 6.31. The highest BCUT2D eigenvalue weighted by Crippen LogP contribution is 2.36. The first kappa shape index (κ1) is 19.5. The number of hydrazine groups is 1. The monoisotopic (exact) mass is 403 g/mol. The van der Waals surface area contributed by atoms with Crippen LogP contribution >= 0.6 is 28.1 Å².